The van der Waals surface area contributed by atoms with Crippen LogP contribution in [0.1, 0.15) is 24.0 Å². The molecule has 0 saturated heterocycles. The number of benzene rings is 3. The van der Waals surface area contributed by atoms with Crippen LogP contribution in [0.3, 0.4) is 0 Å². The molecule has 0 atom stereocenters. The minimum atomic E-state index is 0.607. The molecular weight excluding hydrogens is 526 g/mol. The smallest absolute Gasteiger partial charge is 0.141 e. The predicted molar refractivity (Wildman–Crippen MR) is 171 cm³/mol. The van der Waals surface area contributed by atoms with E-state index in [9.17, 15) is 0 Å². The Morgan fingerprint density at radius 1 is 0.762 bits per heavy atom. The Kier molecular flexibility index (Phi) is 9.89. The van der Waals surface area contributed by atoms with E-state index in [1.54, 1.807) is 7.11 Å². The van der Waals surface area contributed by atoms with Gasteiger partial charge >= 0.3 is 0 Å². The van der Waals surface area contributed by atoms with Crippen molar-refractivity contribution in [3.63, 3.8) is 0 Å². The zero-order valence-electron chi connectivity index (χ0n) is 25.6. The molecule has 3 aromatic carbocycles. The van der Waals surface area contributed by atoms with Crippen LogP contribution in [-0.4, -0.2) is 93.3 Å². The summed E-state index contributed by atoms with van der Waals surface area (Å²) in [5.74, 6) is 2.65. The van der Waals surface area contributed by atoms with Gasteiger partial charge in [-0.1, -0.05) is 30.3 Å². The van der Waals surface area contributed by atoms with E-state index in [2.05, 4.69) is 91.1 Å². The van der Waals surface area contributed by atoms with Gasteiger partial charge in [0.15, 0.2) is 0 Å². The largest absolute Gasteiger partial charge is 0.493 e. The Labute approximate surface area is 249 Å². The highest BCUT2D eigenvalue weighted by Gasteiger charge is 2.18. The molecule has 42 heavy (non-hydrogen) atoms. The topological polar surface area (TPSA) is 64.3 Å². The standard InChI is InChI=1S/C34H43N5O3/c1-37(2)16-6-19-41-28-13-12-27-22-30(35-31(27)23-28)25-8-10-26(11-9-25)34-36-32-24-29(42-20-7-17-38(3)4)14-15-33(32)39(34)18-21-40-5/h8-15,23-24H,6-7,16-22H2,1-5H3. The molecule has 1 aliphatic heterocycles. The third-order valence-electron chi connectivity index (χ3n) is 7.42. The number of rotatable bonds is 15. The highest BCUT2D eigenvalue weighted by Crippen LogP contribution is 2.33. The predicted octanol–water partition coefficient (Wildman–Crippen LogP) is 5.69. The van der Waals surface area contributed by atoms with Gasteiger partial charge in [-0.15, -0.1) is 0 Å². The van der Waals surface area contributed by atoms with Crippen LogP contribution in [-0.2, 0) is 17.7 Å². The van der Waals surface area contributed by atoms with Crippen LogP contribution in [0.2, 0.25) is 0 Å². The van der Waals surface area contributed by atoms with Crippen molar-refractivity contribution in [2.24, 2.45) is 4.99 Å². The fraction of sp³-hybridized carbons (Fsp3) is 0.412. The summed E-state index contributed by atoms with van der Waals surface area (Å²) in [6, 6.07) is 21.0. The van der Waals surface area contributed by atoms with Crippen LogP contribution >= 0.6 is 0 Å². The number of imidazole rings is 1. The average Bonchev–Trinajstić information content (AvgIpc) is 3.57. The van der Waals surface area contributed by atoms with Crippen molar-refractivity contribution in [2.45, 2.75) is 25.8 Å². The molecule has 0 N–H and O–H groups in total. The van der Waals surface area contributed by atoms with Crippen molar-refractivity contribution in [3.05, 3.63) is 71.8 Å². The first kappa shape index (κ1) is 29.8. The molecule has 0 fully saturated rings. The van der Waals surface area contributed by atoms with Crippen molar-refractivity contribution < 1.29 is 14.2 Å². The number of methoxy groups -OCH3 is 1. The number of nitrogens with zero attached hydrogens (tertiary/aromatic N) is 5. The third kappa shape index (κ3) is 7.37. The summed E-state index contributed by atoms with van der Waals surface area (Å²) < 4.78 is 19.6. The minimum absolute atomic E-state index is 0.607. The quantitative estimate of drug-likeness (QED) is 0.172. The Balaban J connectivity index is 1.31. The second-order valence-electron chi connectivity index (χ2n) is 11.3. The lowest BCUT2D eigenvalue weighted by Crippen LogP contribution is -2.15. The van der Waals surface area contributed by atoms with E-state index < -0.39 is 0 Å². The molecule has 8 nitrogen and oxygen atoms in total. The van der Waals surface area contributed by atoms with Gasteiger partial charge in [0.25, 0.3) is 0 Å². The number of aliphatic imine (C=N–C) groups is 1. The van der Waals surface area contributed by atoms with E-state index in [1.165, 1.54) is 5.56 Å². The van der Waals surface area contributed by atoms with Crippen molar-refractivity contribution >= 4 is 22.4 Å². The lowest BCUT2D eigenvalue weighted by molar-refractivity contribution is 0.188. The summed E-state index contributed by atoms with van der Waals surface area (Å²) in [5.41, 5.74) is 7.48. The van der Waals surface area contributed by atoms with Crippen LogP contribution in [0.5, 0.6) is 11.5 Å². The zero-order chi connectivity index (χ0) is 29.5. The van der Waals surface area contributed by atoms with Gasteiger partial charge in [-0.25, -0.2) is 4.98 Å². The van der Waals surface area contributed by atoms with Gasteiger partial charge in [-0.3, -0.25) is 4.99 Å². The van der Waals surface area contributed by atoms with E-state index in [1.807, 2.05) is 12.1 Å². The Morgan fingerprint density at radius 2 is 1.40 bits per heavy atom. The first-order chi connectivity index (χ1) is 20.4. The number of hydrogen-bond donors (Lipinski definition) is 0. The number of hydrogen-bond acceptors (Lipinski definition) is 7. The molecule has 0 amide bonds. The maximum absolute atomic E-state index is 6.02. The second-order valence-corrected chi connectivity index (χ2v) is 11.3. The maximum atomic E-state index is 6.02. The van der Waals surface area contributed by atoms with Gasteiger partial charge in [0, 0.05) is 50.9 Å². The molecule has 1 aliphatic rings. The van der Waals surface area contributed by atoms with Crippen molar-refractivity contribution in [2.75, 3.05) is 68.2 Å². The second kappa shape index (κ2) is 14.0. The van der Waals surface area contributed by atoms with Crippen LogP contribution < -0.4 is 9.47 Å². The van der Waals surface area contributed by atoms with E-state index in [-0.39, 0.29) is 0 Å². The first-order valence-corrected chi connectivity index (χ1v) is 14.8. The van der Waals surface area contributed by atoms with Crippen molar-refractivity contribution in [1.82, 2.24) is 19.4 Å². The van der Waals surface area contributed by atoms with Crippen LogP contribution in [0.15, 0.2) is 65.7 Å². The fourth-order valence-corrected chi connectivity index (χ4v) is 5.20. The van der Waals surface area contributed by atoms with E-state index in [0.29, 0.717) is 26.4 Å². The van der Waals surface area contributed by atoms with E-state index in [0.717, 1.165) is 83.2 Å². The van der Waals surface area contributed by atoms with Gasteiger partial charge in [-0.05, 0) is 70.4 Å². The molecule has 0 aliphatic carbocycles. The Hall–Kier alpha value is -3.72. The summed E-state index contributed by atoms with van der Waals surface area (Å²) in [7, 11) is 10.0. The molecule has 5 rings (SSSR count). The normalized spacial score (nSPS) is 12.8. The monoisotopic (exact) mass is 569 g/mol. The van der Waals surface area contributed by atoms with Gasteiger partial charge in [0.2, 0.25) is 0 Å². The summed E-state index contributed by atoms with van der Waals surface area (Å²) >= 11 is 0. The Bertz CT molecular complexity index is 1510. The molecule has 2 heterocycles. The number of fused-ring (bicyclic) bond motifs is 2. The highest BCUT2D eigenvalue weighted by atomic mass is 16.5. The lowest BCUT2D eigenvalue weighted by Gasteiger charge is -2.11. The lowest BCUT2D eigenvalue weighted by atomic mass is 10.0. The van der Waals surface area contributed by atoms with Crippen LogP contribution in [0, 0.1) is 0 Å². The Morgan fingerprint density at radius 3 is 2.07 bits per heavy atom. The van der Waals surface area contributed by atoms with Gasteiger partial charge in [-0.2, -0.15) is 0 Å². The highest BCUT2D eigenvalue weighted by molar-refractivity contribution is 6.06. The van der Waals surface area contributed by atoms with Crippen LogP contribution in [0.25, 0.3) is 22.4 Å². The summed E-state index contributed by atoms with van der Waals surface area (Å²) in [6.07, 6.45) is 2.79. The third-order valence-corrected chi connectivity index (χ3v) is 7.42. The molecule has 222 valence electrons. The summed E-state index contributed by atoms with van der Waals surface area (Å²) in [4.78, 5) is 14.3. The van der Waals surface area contributed by atoms with Gasteiger partial charge in [0.05, 0.1) is 42.3 Å². The van der Waals surface area contributed by atoms with E-state index >= 15 is 0 Å². The molecular formula is C34H43N5O3. The minimum Gasteiger partial charge on any atom is -0.493 e. The van der Waals surface area contributed by atoms with Crippen molar-refractivity contribution in [1.29, 1.82) is 0 Å². The fourth-order valence-electron chi connectivity index (χ4n) is 5.20. The molecule has 8 heteroatoms. The molecule has 0 bridgehead atoms. The molecule has 0 radical (unpaired) electrons. The zero-order valence-corrected chi connectivity index (χ0v) is 25.6. The van der Waals surface area contributed by atoms with Crippen LogP contribution in [0.4, 0.5) is 5.69 Å². The van der Waals surface area contributed by atoms with Gasteiger partial charge in [0.1, 0.15) is 17.3 Å². The molecule has 0 unspecified atom stereocenters. The first-order valence-electron chi connectivity index (χ1n) is 14.8. The maximum Gasteiger partial charge on any atom is 0.141 e. The van der Waals surface area contributed by atoms with Crippen molar-refractivity contribution in [3.8, 4) is 22.9 Å². The average molecular weight is 570 g/mol. The molecule has 1 aromatic heterocycles. The number of aromatic nitrogens is 2. The SMILES string of the molecule is COCCn1c(-c2ccc(C3=Nc4cc(OCCCN(C)C)ccc4C3)cc2)nc2cc(OCCCN(C)C)ccc21. The number of ether oxygens (including phenoxy) is 3. The molecule has 4 aromatic rings. The van der Waals surface area contributed by atoms with E-state index in [4.69, 9.17) is 24.2 Å². The molecule has 0 spiro atoms. The summed E-state index contributed by atoms with van der Waals surface area (Å²) in [5, 5.41) is 0. The van der Waals surface area contributed by atoms with Gasteiger partial charge < -0.3 is 28.6 Å². The summed E-state index contributed by atoms with van der Waals surface area (Å²) in [6.45, 7) is 4.72. The molecule has 0 saturated carbocycles.